The van der Waals surface area contributed by atoms with Gasteiger partial charge in [0.2, 0.25) is 5.91 Å². The van der Waals surface area contributed by atoms with Gasteiger partial charge < -0.3 is 26.0 Å². The Bertz CT molecular complexity index is 1160. The van der Waals surface area contributed by atoms with Crippen molar-refractivity contribution in [2.45, 2.75) is 50.2 Å². The molecule has 5 aliphatic rings. The maximum absolute atomic E-state index is 12.2. The molecule has 2 atom stereocenters. The molecule has 0 radical (unpaired) electrons. The number of nitrogens with zero attached hydrogens (tertiary/aromatic N) is 3. The van der Waals surface area contributed by atoms with Crippen molar-refractivity contribution in [3.8, 4) is 11.5 Å². The van der Waals surface area contributed by atoms with Crippen LogP contribution in [-0.2, 0) is 11.2 Å². The molecule has 5 aliphatic carbocycles. The number of amides is 2. The van der Waals surface area contributed by atoms with Gasteiger partial charge in [0.25, 0.3) is 17.6 Å². The molecule has 2 aromatic rings. The number of hydrogen-bond acceptors (Lipinski definition) is 8. The first-order chi connectivity index (χ1) is 15.9. The lowest BCUT2D eigenvalue weighted by Crippen LogP contribution is -2.59. The first-order valence-electron chi connectivity index (χ1n) is 11.5. The van der Waals surface area contributed by atoms with E-state index in [1.54, 1.807) is 6.20 Å². The van der Waals surface area contributed by atoms with Crippen molar-refractivity contribution in [3.05, 3.63) is 29.4 Å². The van der Waals surface area contributed by atoms with E-state index in [1.165, 1.54) is 0 Å². The molecule has 10 nitrogen and oxygen atoms in total. The van der Waals surface area contributed by atoms with Crippen molar-refractivity contribution in [2.75, 3.05) is 11.9 Å². The number of nitrogens with two attached hydrogens (primary N) is 1. The molecule has 4 saturated carbocycles. The minimum Gasteiger partial charge on any atom is -0.390 e. The maximum Gasteiger partial charge on any atom is 0.293 e. The second-order valence-electron chi connectivity index (χ2n) is 9.95. The lowest BCUT2D eigenvalue weighted by atomic mass is 9.52. The average molecular weight is 450 g/mol. The summed E-state index contributed by atoms with van der Waals surface area (Å²) in [5.41, 5.74) is 8.06. The summed E-state index contributed by atoms with van der Waals surface area (Å²) in [4.78, 5) is 32.0. The largest absolute Gasteiger partial charge is 0.390 e. The molecule has 7 rings (SSSR count). The first-order valence-corrected chi connectivity index (χ1v) is 11.5. The van der Waals surface area contributed by atoms with Crippen LogP contribution in [0.3, 0.4) is 0 Å². The van der Waals surface area contributed by atoms with Gasteiger partial charge in [-0.15, -0.1) is 0 Å². The topological polar surface area (TPSA) is 156 Å². The summed E-state index contributed by atoms with van der Waals surface area (Å²) < 4.78 is 5.42. The Hall–Kier alpha value is -3.27. The number of aromatic nitrogens is 3. The van der Waals surface area contributed by atoms with Crippen LogP contribution < -0.4 is 16.4 Å². The molecular formula is C23H26N6O4. The Morgan fingerprint density at radius 1 is 1.24 bits per heavy atom. The van der Waals surface area contributed by atoms with Gasteiger partial charge in [0.15, 0.2) is 0 Å². The SMILES string of the molecule is NC(=O)CNC(=O)c1noc(-c2cnc3c(c2NC2C4CC5CC2CC(O)(C5)C4)C=CC3)n1. The Kier molecular flexibility index (Phi) is 4.55. The molecule has 2 unspecified atom stereocenters. The zero-order chi connectivity index (χ0) is 22.7. The number of carbonyl (C=O) groups is 2. The van der Waals surface area contributed by atoms with Crippen molar-refractivity contribution in [1.82, 2.24) is 20.4 Å². The molecule has 10 heteroatoms. The third-order valence-corrected chi connectivity index (χ3v) is 7.63. The van der Waals surface area contributed by atoms with E-state index in [4.69, 9.17) is 10.3 Å². The Balaban J connectivity index is 1.32. The fourth-order valence-corrected chi connectivity index (χ4v) is 6.57. The number of rotatable bonds is 6. The van der Waals surface area contributed by atoms with Gasteiger partial charge in [0.05, 0.1) is 29.1 Å². The van der Waals surface area contributed by atoms with E-state index >= 15 is 0 Å². The Morgan fingerprint density at radius 2 is 2.03 bits per heavy atom. The van der Waals surface area contributed by atoms with Gasteiger partial charge in [0.1, 0.15) is 0 Å². The highest BCUT2D eigenvalue weighted by atomic mass is 16.5. The van der Waals surface area contributed by atoms with Gasteiger partial charge in [-0.1, -0.05) is 17.3 Å². The van der Waals surface area contributed by atoms with Crippen LogP contribution in [0.25, 0.3) is 17.5 Å². The van der Waals surface area contributed by atoms with E-state index < -0.39 is 17.4 Å². The summed E-state index contributed by atoms with van der Waals surface area (Å²) in [6.07, 6.45) is 11.5. The second-order valence-corrected chi connectivity index (χ2v) is 9.95. The van der Waals surface area contributed by atoms with Crippen molar-refractivity contribution in [2.24, 2.45) is 23.5 Å². The standard InChI is InChI=1S/C23H26N6O4/c24-17(30)10-26-21(31)20-28-22(33-29-20)15-9-25-16-3-1-2-14(16)19(15)27-18-12-4-11-5-13(18)8-23(32,6-11)7-12/h1-2,9,11-13,18,32H,3-8,10H2,(H2,24,30)(H,25,27)(H,26,31). The summed E-state index contributed by atoms with van der Waals surface area (Å²) >= 11 is 0. The van der Waals surface area contributed by atoms with Gasteiger partial charge >= 0.3 is 0 Å². The van der Waals surface area contributed by atoms with E-state index in [0.717, 1.165) is 55.5 Å². The first kappa shape index (κ1) is 20.3. The molecule has 2 heterocycles. The highest BCUT2D eigenvalue weighted by molar-refractivity contribution is 5.93. The Labute approximate surface area is 190 Å². The van der Waals surface area contributed by atoms with Crippen LogP contribution in [0.2, 0.25) is 0 Å². The number of aliphatic hydroxyl groups is 1. The molecule has 0 aromatic carbocycles. The minimum absolute atomic E-state index is 0.176. The zero-order valence-electron chi connectivity index (χ0n) is 18.1. The van der Waals surface area contributed by atoms with Crippen LogP contribution in [0.15, 0.2) is 16.8 Å². The van der Waals surface area contributed by atoms with E-state index in [0.29, 0.717) is 23.3 Å². The summed E-state index contributed by atoms with van der Waals surface area (Å²) in [6, 6.07) is 0.252. The molecule has 2 amide bonds. The highest BCUT2D eigenvalue weighted by Gasteiger charge is 2.54. The quantitative estimate of drug-likeness (QED) is 0.512. The molecule has 33 heavy (non-hydrogen) atoms. The van der Waals surface area contributed by atoms with Crippen molar-refractivity contribution in [1.29, 1.82) is 0 Å². The number of nitrogens with one attached hydrogen (secondary N) is 2. The van der Waals surface area contributed by atoms with Crippen LogP contribution in [0, 0.1) is 17.8 Å². The van der Waals surface area contributed by atoms with Crippen LogP contribution in [0.4, 0.5) is 5.69 Å². The molecule has 4 bridgehead atoms. The van der Waals surface area contributed by atoms with Gasteiger partial charge in [-0.2, -0.15) is 4.98 Å². The van der Waals surface area contributed by atoms with E-state index in [-0.39, 0.29) is 24.3 Å². The van der Waals surface area contributed by atoms with Crippen LogP contribution in [-0.4, -0.2) is 50.2 Å². The summed E-state index contributed by atoms with van der Waals surface area (Å²) in [6.45, 7) is -0.307. The van der Waals surface area contributed by atoms with Gasteiger partial charge in [-0.3, -0.25) is 14.6 Å². The number of allylic oxidation sites excluding steroid dienone is 1. The molecule has 0 saturated heterocycles. The molecule has 2 aromatic heterocycles. The third-order valence-electron chi connectivity index (χ3n) is 7.63. The normalized spacial score (nSPS) is 30.9. The van der Waals surface area contributed by atoms with Gasteiger partial charge in [0, 0.05) is 24.2 Å². The zero-order valence-corrected chi connectivity index (χ0v) is 18.1. The van der Waals surface area contributed by atoms with Crippen LogP contribution in [0.5, 0.6) is 0 Å². The summed E-state index contributed by atoms with van der Waals surface area (Å²) in [5.74, 6) is 0.160. The lowest BCUT2D eigenvalue weighted by Gasteiger charge is -2.58. The summed E-state index contributed by atoms with van der Waals surface area (Å²) in [5, 5.41) is 20.9. The number of hydrogen-bond donors (Lipinski definition) is 4. The average Bonchev–Trinajstić information content (AvgIpc) is 3.43. The van der Waals surface area contributed by atoms with Gasteiger partial charge in [-0.05, 0) is 49.9 Å². The number of carbonyl (C=O) groups excluding carboxylic acids is 2. The number of pyridine rings is 1. The molecular weight excluding hydrogens is 424 g/mol. The van der Waals surface area contributed by atoms with E-state index in [2.05, 4.69) is 37.9 Å². The molecule has 172 valence electrons. The number of fused-ring (bicyclic) bond motifs is 1. The molecule has 0 spiro atoms. The monoisotopic (exact) mass is 450 g/mol. The smallest absolute Gasteiger partial charge is 0.293 e. The predicted molar refractivity (Wildman–Crippen MR) is 118 cm³/mol. The number of primary amides is 1. The van der Waals surface area contributed by atoms with Crippen LogP contribution >= 0.6 is 0 Å². The summed E-state index contributed by atoms with van der Waals surface area (Å²) in [7, 11) is 0. The van der Waals surface area contributed by atoms with Crippen molar-refractivity contribution < 1.29 is 19.2 Å². The fourth-order valence-electron chi connectivity index (χ4n) is 6.57. The lowest BCUT2D eigenvalue weighted by molar-refractivity contribution is -0.129. The maximum atomic E-state index is 12.2. The third kappa shape index (κ3) is 3.49. The molecule has 5 N–H and O–H groups in total. The fraction of sp³-hybridized carbons (Fsp3) is 0.522. The van der Waals surface area contributed by atoms with Crippen molar-refractivity contribution >= 4 is 23.6 Å². The van der Waals surface area contributed by atoms with Crippen LogP contribution in [0.1, 0.15) is 54.0 Å². The predicted octanol–water partition coefficient (Wildman–Crippen LogP) is 1.27. The van der Waals surface area contributed by atoms with Crippen molar-refractivity contribution in [3.63, 3.8) is 0 Å². The van der Waals surface area contributed by atoms with Gasteiger partial charge in [-0.25, -0.2) is 0 Å². The molecule has 4 fully saturated rings. The van der Waals surface area contributed by atoms with E-state index in [9.17, 15) is 14.7 Å². The number of anilines is 1. The van der Waals surface area contributed by atoms with E-state index in [1.807, 2.05) is 0 Å². The second kappa shape index (κ2) is 7.38. The highest BCUT2D eigenvalue weighted by Crippen LogP contribution is 2.56. The minimum atomic E-state index is -0.659. The Morgan fingerprint density at radius 3 is 2.76 bits per heavy atom. The molecule has 0 aliphatic heterocycles.